The Morgan fingerprint density at radius 2 is 1.81 bits per heavy atom. The molecule has 0 spiro atoms. The Kier molecular flexibility index (Phi) is 7.17. The Morgan fingerprint density at radius 1 is 1.09 bits per heavy atom. The molecule has 2 heterocycles. The van der Waals surface area contributed by atoms with Gasteiger partial charge in [0.25, 0.3) is 17.9 Å². The highest BCUT2D eigenvalue weighted by Gasteiger charge is 2.17. The lowest BCUT2D eigenvalue weighted by Gasteiger charge is -2.18. The Morgan fingerprint density at radius 3 is 2.53 bits per heavy atom. The molecule has 1 amide bonds. The summed E-state index contributed by atoms with van der Waals surface area (Å²) in [5, 5.41) is 11.2. The first-order valence-corrected chi connectivity index (χ1v) is 10.1. The van der Waals surface area contributed by atoms with Gasteiger partial charge in [0.1, 0.15) is 0 Å². The van der Waals surface area contributed by atoms with Gasteiger partial charge < -0.3 is 10.0 Å². The fraction of sp³-hybridized carbons (Fsp3) is 0.250. The summed E-state index contributed by atoms with van der Waals surface area (Å²) in [4.78, 5) is 36.9. The molecule has 8 nitrogen and oxygen atoms in total. The van der Waals surface area contributed by atoms with Crippen LogP contribution in [-0.4, -0.2) is 51.2 Å². The molecule has 0 atom stereocenters. The van der Waals surface area contributed by atoms with Crippen LogP contribution in [0.2, 0.25) is 0 Å². The molecule has 8 heteroatoms. The third-order valence-corrected chi connectivity index (χ3v) is 5.28. The first-order valence-electron chi connectivity index (χ1n) is 10.1. The van der Waals surface area contributed by atoms with Crippen molar-refractivity contribution in [3.63, 3.8) is 0 Å². The largest absolute Gasteiger partial charge is 0.483 e. The number of carbonyl (C=O) groups excluding carboxylic acids is 1. The number of nitrogens with zero attached hydrogens (tertiary/aromatic N) is 4. The van der Waals surface area contributed by atoms with Gasteiger partial charge in [-0.1, -0.05) is 30.3 Å². The van der Waals surface area contributed by atoms with Crippen molar-refractivity contribution in [1.29, 1.82) is 0 Å². The molecule has 32 heavy (non-hydrogen) atoms. The van der Waals surface area contributed by atoms with E-state index in [9.17, 15) is 9.59 Å². The molecule has 0 unspecified atom stereocenters. The van der Waals surface area contributed by atoms with Gasteiger partial charge >= 0.3 is 0 Å². The Labute approximate surface area is 186 Å². The monoisotopic (exact) mass is 434 g/mol. The van der Waals surface area contributed by atoms with Crippen molar-refractivity contribution in [3.05, 3.63) is 87.2 Å². The van der Waals surface area contributed by atoms with E-state index in [1.54, 1.807) is 18.0 Å². The van der Waals surface area contributed by atoms with Crippen molar-refractivity contribution >= 4 is 12.4 Å². The number of rotatable bonds is 4. The average Bonchev–Trinajstić information content (AvgIpc) is 3.15. The maximum Gasteiger partial charge on any atom is 0.290 e. The predicted molar refractivity (Wildman–Crippen MR) is 121 cm³/mol. The van der Waals surface area contributed by atoms with Gasteiger partial charge in [-0.25, -0.2) is 4.68 Å². The summed E-state index contributed by atoms with van der Waals surface area (Å²) in [7, 11) is 5.55. The average molecular weight is 434 g/mol. The second-order valence-corrected chi connectivity index (χ2v) is 7.80. The van der Waals surface area contributed by atoms with Crippen LogP contribution in [0.3, 0.4) is 0 Å². The minimum Gasteiger partial charge on any atom is -0.483 e. The molecule has 0 saturated carbocycles. The van der Waals surface area contributed by atoms with E-state index in [-0.39, 0.29) is 17.9 Å². The number of amides is 1. The second kappa shape index (κ2) is 10.0. The van der Waals surface area contributed by atoms with Crippen molar-refractivity contribution in [1.82, 2.24) is 19.6 Å². The van der Waals surface area contributed by atoms with Crippen LogP contribution in [0.15, 0.2) is 59.4 Å². The maximum absolute atomic E-state index is 13.0. The molecule has 166 valence electrons. The van der Waals surface area contributed by atoms with Gasteiger partial charge in [0.15, 0.2) is 0 Å². The van der Waals surface area contributed by atoms with E-state index in [1.807, 2.05) is 31.3 Å². The third kappa shape index (κ3) is 5.28. The van der Waals surface area contributed by atoms with Crippen LogP contribution in [0.1, 0.15) is 27.0 Å². The minimum atomic E-state index is -0.250. The molecule has 2 aromatic carbocycles. The van der Waals surface area contributed by atoms with E-state index < -0.39 is 0 Å². The first-order chi connectivity index (χ1) is 15.3. The molecule has 0 aliphatic carbocycles. The number of benzene rings is 2. The summed E-state index contributed by atoms with van der Waals surface area (Å²) in [5.74, 6) is -0.0470. The van der Waals surface area contributed by atoms with Crippen molar-refractivity contribution < 1.29 is 14.7 Å². The molecular weight excluding hydrogens is 408 g/mol. The van der Waals surface area contributed by atoms with Gasteiger partial charge in [0, 0.05) is 50.9 Å². The second-order valence-electron chi connectivity index (χ2n) is 7.80. The zero-order chi connectivity index (χ0) is 23.3. The molecule has 1 aromatic heterocycles. The summed E-state index contributed by atoms with van der Waals surface area (Å²) >= 11 is 0. The zero-order valence-electron chi connectivity index (χ0n) is 18.4. The lowest BCUT2D eigenvalue weighted by molar-refractivity contribution is -0.122. The summed E-state index contributed by atoms with van der Waals surface area (Å²) in [6, 6.07) is 17.0. The molecule has 0 fully saturated rings. The van der Waals surface area contributed by atoms with E-state index in [1.165, 1.54) is 21.9 Å². The Bertz CT molecular complexity index is 1190. The molecule has 3 aromatic rings. The van der Waals surface area contributed by atoms with Crippen LogP contribution < -0.4 is 5.56 Å². The van der Waals surface area contributed by atoms with Crippen LogP contribution in [0.25, 0.3) is 11.3 Å². The van der Waals surface area contributed by atoms with E-state index in [0.717, 1.165) is 24.2 Å². The van der Waals surface area contributed by atoms with Crippen LogP contribution in [0, 0.1) is 0 Å². The van der Waals surface area contributed by atoms with Gasteiger partial charge in [-0.3, -0.25) is 19.3 Å². The van der Waals surface area contributed by atoms with E-state index in [4.69, 9.17) is 9.90 Å². The molecule has 0 radical (unpaired) electrons. The van der Waals surface area contributed by atoms with E-state index in [0.29, 0.717) is 17.8 Å². The summed E-state index contributed by atoms with van der Waals surface area (Å²) in [6.45, 7) is 2.24. The molecule has 0 bridgehead atoms. The molecular formula is C24H26N4O4. The van der Waals surface area contributed by atoms with E-state index in [2.05, 4.69) is 35.2 Å². The van der Waals surface area contributed by atoms with Crippen molar-refractivity contribution in [2.45, 2.75) is 19.6 Å². The highest BCUT2D eigenvalue weighted by molar-refractivity contribution is 5.95. The summed E-state index contributed by atoms with van der Waals surface area (Å²) < 4.78 is 1.29. The maximum atomic E-state index is 13.0. The minimum absolute atomic E-state index is 0.0470. The lowest BCUT2D eigenvalue weighted by Crippen LogP contribution is -2.26. The van der Waals surface area contributed by atoms with Crippen molar-refractivity contribution in [2.24, 2.45) is 7.05 Å². The Hall–Kier alpha value is -3.78. The van der Waals surface area contributed by atoms with Crippen LogP contribution >= 0.6 is 0 Å². The normalized spacial score (nSPS) is 12.5. The summed E-state index contributed by atoms with van der Waals surface area (Å²) in [5.41, 5.74) is 5.73. The number of aromatic nitrogens is 2. The van der Waals surface area contributed by atoms with Gasteiger partial charge in [0.2, 0.25) is 0 Å². The molecule has 0 saturated heterocycles. The first kappa shape index (κ1) is 22.9. The van der Waals surface area contributed by atoms with Gasteiger partial charge in [-0.2, -0.15) is 5.10 Å². The quantitative estimate of drug-likeness (QED) is 0.634. The van der Waals surface area contributed by atoms with Crippen molar-refractivity contribution in [3.8, 4) is 11.3 Å². The van der Waals surface area contributed by atoms with E-state index >= 15 is 0 Å². The van der Waals surface area contributed by atoms with Crippen LogP contribution in [0.4, 0.5) is 0 Å². The summed E-state index contributed by atoms with van der Waals surface area (Å²) in [6.07, 6.45) is 0. The fourth-order valence-electron chi connectivity index (χ4n) is 3.75. The number of aryl methyl sites for hydroxylation is 1. The number of fused-ring (bicyclic) bond motifs is 1. The third-order valence-electron chi connectivity index (χ3n) is 5.28. The molecule has 4 rings (SSSR count). The SMILES string of the molecule is CN1Cc2ccc(CN(C)C(=O)c3cccc(-c4ccc(=O)n(C)n4)c3)cc2C1.O=CO. The molecule has 1 aliphatic heterocycles. The number of hydrogen-bond acceptors (Lipinski definition) is 5. The molecule has 1 N–H and O–H groups in total. The van der Waals surface area contributed by atoms with Gasteiger partial charge in [0.05, 0.1) is 5.69 Å². The highest BCUT2D eigenvalue weighted by atomic mass is 16.3. The van der Waals surface area contributed by atoms with Crippen LogP contribution in [0.5, 0.6) is 0 Å². The number of carbonyl (C=O) groups is 2. The van der Waals surface area contributed by atoms with Crippen molar-refractivity contribution in [2.75, 3.05) is 14.1 Å². The van der Waals surface area contributed by atoms with Gasteiger partial charge in [-0.05, 0) is 41.9 Å². The predicted octanol–water partition coefficient (Wildman–Crippen LogP) is 2.37. The standard InChI is InChI=1S/C23H24N4O2.CH2O2/c1-25-14-19-8-7-16(11-20(19)15-25)13-26(2)23(29)18-6-4-5-17(12-18)21-9-10-22(28)27(3)24-21;2-1-3/h4-12H,13-15H2,1-3H3;1H,(H,2,3). The smallest absolute Gasteiger partial charge is 0.290 e. The van der Waals surface area contributed by atoms with Crippen LogP contribution in [-0.2, 0) is 31.5 Å². The highest BCUT2D eigenvalue weighted by Crippen LogP contribution is 2.23. The zero-order valence-corrected chi connectivity index (χ0v) is 18.4. The lowest BCUT2D eigenvalue weighted by atomic mass is 10.0. The fourth-order valence-corrected chi connectivity index (χ4v) is 3.75. The van der Waals surface area contributed by atoms with Gasteiger partial charge in [-0.15, -0.1) is 0 Å². The molecule has 1 aliphatic rings. The number of hydrogen-bond donors (Lipinski definition) is 1. The topological polar surface area (TPSA) is 95.7 Å². The number of carboxylic acid groups (broad SMARTS) is 1. The Balaban J connectivity index is 0.000000913.